The molecule has 0 fully saturated rings. The molecule has 3 rings (SSSR count). The highest BCUT2D eigenvalue weighted by Gasteiger charge is 2.73. The van der Waals surface area contributed by atoms with Crippen molar-refractivity contribution < 1.29 is 53.5 Å². The average Bonchev–Trinajstić information content (AvgIpc) is 2.82. The molecule has 2 aromatic carbocycles. The van der Waals surface area contributed by atoms with Crippen LogP contribution < -0.4 is 11.1 Å². The van der Waals surface area contributed by atoms with E-state index in [-0.39, 0.29) is 28.5 Å². The number of hydrogen-bond acceptors (Lipinski definition) is 3. The fourth-order valence-corrected chi connectivity index (χ4v) is 4.03. The maximum Gasteiger partial charge on any atom is 0.435 e. The third-order valence-electron chi connectivity index (χ3n) is 5.28. The molecule has 1 aromatic heterocycles. The van der Waals surface area contributed by atoms with Gasteiger partial charge in [-0.3, -0.25) is 14.6 Å². The summed E-state index contributed by atoms with van der Waals surface area (Å²) in [5.74, 6) is -2.17. The number of anilines is 1. The molecule has 0 saturated carbocycles. The summed E-state index contributed by atoms with van der Waals surface area (Å²) >= 11 is 2.42. The van der Waals surface area contributed by atoms with Crippen molar-refractivity contribution >= 4 is 33.4 Å². The Kier molecular flexibility index (Phi) is 7.75. The summed E-state index contributed by atoms with van der Waals surface area (Å²) < 4.78 is 133. The second kappa shape index (κ2) is 10.1. The molecule has 0 radical (unpaired) electrons. The first-order valence-corrected chi connectivity index (χ1v) is 11.0. The van der Waals surface area contributed by atoms with E-state index in [1.54, 1.807) is 5.32 Å². The van der Waals surface area contributed by atoms with Crippen molar-refractivity contribution in [3.05, 3.63) is 81.5 Å². The van der Waals surface area contributed by atoms with Gasteiger partial charge in [-0.25, -0.2) is 4.39 Å². The van der Waals surface area contributed by atoms with E-state index in [1.807, 2.05) is 0 Å². The second-order valence-corrected chi connectivity index (χ2v) is 8.69. The fourth-order valence-electron chi connectivity index (χ4n) is 3.47. The molecular weight excluding hydrogens is 620 g/mol. The summed E-state index contributed by atoms with van der Waals surface area (Å²) in [6, 6.07) is 6.73. The largest absolute Gasteiger partial charge is 0.435 e. The van der Waals surface area contributed by atoms with Gasteiger partial charge in [0.15, 0.2) is 0 Å². The molecule has 0 atom stereocenters. The van der Waals surface area contributed by atoms with E-state index in [0.717, 1.165) is 12.1 Å². The Balaban J connectivity index is 2.11. The molecule has 0 saturated heterocycles. The number of aromatic nitrogens is 1. The first-order valence-electron chi connectivity index (χ1n) is 10.2. The number of benzene rings is 2. The highest BCUT2D eigenvalue weighted by atomic mass is 79.9. The first kappa shape index (κ1) is 29.9. The van der Waals surface area contributed by atoms with Crippen molar-refractivity contribution in [1.82, 2.24) is 4.98 Å². The molecule has 5 nitrogen and oxygen atoms in total. The van der Waals surface area contributed by atoms with Crippen molar-refractivity contribution in [2.75, 3.05) is 5.32 Å². The highest BCUT2D eigenvalue weighted by molar-refractivity contribution is 9.10. The van der Waals surface area contributed by atoms with Crippen LogP contribution >= 0.6 is 15.9 Å². The van der Waals surface area contributed by atoms with E-state index in [2.05, 4.69) is 20.9 Å². The fraction of sp³-hybridized carbons (Fsp3) is 0.174. The van der Waals surface area contributed by atoms with E-state index >= 15 is 0 Å². The molecule has 39 heavy (non-hydrogen) atoms. The number of halogens is 11. The van der Waals surface area contributed by atoms with Crippen LogP contribution in [0.1, 0.15) is 31.8 Å². The van der Waals surface area contributed by atoms with E-state index in [1.165, 1.54) is 30.5 Å². The van der Waals surface area contributed by atoms with E-state index in [0.29, 0.717) is 0 Å². The van der Waals surface area contributed by atoms with Crippen LogP contribution in [0.4, 0.5) is 49.6 Å². The Hall–Kier alpha value is -3.69. The number of nitrogens with zero attached hydrogens (tertiary/aromatic N) is 1. The number of hydrogen-bond donors (Lipinski definition) is 2. The van der Waals surface area contributed by atoms with Gasteiger partial charge in [0.25, 0.3) is 11.8 Å². The van der Waals surface area contributed by atoms with Gasteiger partial charge in [0.05, 0.1) is 22.5 Å². The van der Waals surface area contributed by atoms with Crippen LogP contribution in [-0.4, -0.2) is 29.2 Å². The number of rotatable bonds is 5. The predicted octanol–water partition coefficient (Wildman–Crippen LogP) is 7.17. The van der Waals surface area contributed by atoms with Gasteiger partial charge in [-0.1, -0.05) is 12.1 Å². The Bertz CT molecular complexity index is 1420. The van der Waals surface area contributed by atoms with Gasteiger partial charge in [0.2, 0.25) is 0 Å². The Morgan fingerprint density at radius 2 is 1.46 bits per heavy atom. The third-order valence-corrected chi connectivity index (χ3v) is 5.91. The molecule has 0 bridgehead atoms. The maximum atomic E-state index is 14.5. The van der Waals surface area contributed by atoms with Crippen molar-refractivity contribution in [3.63, 3.8) is 0 Å². The Labute approximate surface area is 220 Å². The number of amides is 2. The molecule has 1 heterocycles. The summed E-state index contributed by atoms with van der Waals surface area (Å²) in [5, 5.41) is 1.77. The van der Waals surface area contributed by atoms with Crippen molar-refractivity contribution in [2.45, 2.75) is 24.2 Å². The molecule has 0 spiro atoms. The molecule has 208 valence electrons. The molecule has 3 N–H and O–H groups in total. The predicted molar refractivity (Wildman–Crippen MR) is 120 cm³/mol. The number of alkyl halides is 10. The number of nitrogens with one attached hydrogen (secondary N) is 1. The Morgan fingerprint density at radius 3 is 2.00 bits per heavy atom. The zero-order valence-corrected chi connectivity index (χ0v) is 20.3. The molecule has 0 aliphatic rings. The van der Waals surface area contributed by atoms with Crippen molar-refractivity contribution in [1.29, 1.82) is 0 Å². The molecule has 0 unspecified atom stereocenters. The van der Waals surface area contributed by atoms with Crippen LogP contribution in [0, 0.1) is 0 Å². The van der Waals surface area contributed by atoms with Gasteiger partial charge < -0.3 is 11.1 Å². The number of pyridine rings is 1. The van der Waals surface area contributed by atoms with Gasteiger partial charge in [-0.05, 0) is 52.3 Å². The highest BCUT2D eigenvalue weighted by Crippen LogP contribution is 2.55. The Morgan fingerprint density at radius 1 is 0.846 bits per heavy atom. The van der Waals surface area contributed by atoms with Gasteiger partial charge >= 0.3 is 24.2 Å². The van der Waals surface area contributed by atoms with E-state index < -0.39 is 63.4 Å². The zero-order chi connectivity index (χ0) is 29.6. The smallest absolute Gasteiger partial charge is 0.366 e. The lowest BCUT2D eigenvalue weighted by Crippen LogP contribution is -2.50. The standard InChI is InChI=1S/C23H12BrF10N3O2/c24-15-9-12(20(25,22(29,30)31)23(32,33)34)8-14(21(26,27)28)17(15)37-19(39)11-4-1-3-10(7-11)16-13(18(35)38)5-2-6-36-16/h1-9H,(H2,35,38)(H,37,39). The van der Waals surface area contributed by atoms with E-state index in [9.17, 15) is 53.5 Å². The van der Waals surface area contributed by atoms with Gasteiger partial charge in [-0.15, -0.1) is 0 Å². The number of carbonyl (C=O) groups excluding carboxylic acids is 2. The van der Waals surface area contributed by atoms with Crippen molar-refractivity contribution in [3.8, 4) is 11.3 Å². The zero-order valence-electron chi connectivity index (χ0n) is 18.7. The first-order chi connectivity index (χ1) is 17.8. The van der Waals surface area contributed by atoms with Gasteiger partial charge in [0, 0.05) is 27.4 Å². The lowest BCUT2D eigenvalue weighted by molar-refractivity contribution is -0.348. The third kappa shape index (κ3) is 5.69. The summed E-state index contributed by atoms with van der Waals surface area (Å²) in [4.78, 5) is 28.5. The van der Waals surface area contributed by atoms with E-state index in [4.69, 9.17) is 5.73 Å². The van der Waals surface area contributed by atoms with Gasteiger partial charge in [-0.2, -0.15) is 39.5 Å². The van der Waals surface area contributed by atoms with Crippen LogP contribution in [0.3, 0.4) is 0 Å². The number of primary amides is 1. The summed E-state index contributed by atoms with van der Waals surface area (Å²) in [5.41, 5.74) is -7.00. The minimum Gasteiger partial charge on any atom is -0.366 e. The molecule has 0 aliphatic carbocycles. The lowest BCUT2D eigenvalue weighted by atomic mass is 9.92. The van der Waals surface area contributed by atoms with Crippen LogP contribution in [0.5, 0.6) is 0 Å². The molecule has 2 amide bonds. The summed E-state index contributed by atoms with van der Waals surface area (Å²) in [6.45, 7) is 0. The minimum atomic E-state index is -6.67. The minimum absolute atomic E-state index is 0.0137. The normalized spacial score (nSPS) is 12.8. The van der Waals surface area contributed by atoms with Crippen LogP contribution in [0.15, 0.2) is 59.2 Å². The maximum absolute atomic E-state index is 14.5. The van der Waals surface area contributed by atoms with Crippen LogP contribution in [-0.2, 0) is 11.8 Å². The molecule has 0 aliphatic heterocycles. The molecule has 16 heteroatoms. The number of nitrogens with two attached hydrogens (primary N) is 1. The second-order valence-electron chi connectivity index (χ2n) is 7.83. The summed E-state index contributed by atoms with van der Waals surface area (Å²) in [6.07, 6.45) is -17.7. The average molecular weight is 632 g/mol. The SMILES string of the molecule is NC(=O)c1cccnc1-c1cccc(C(=O)Nc2c(Br)cc(C(F)(C(F)(F)F)C(F)(F)F)cc2C(F)(F)F)c1. The quantitative estimate of drug-likeness (QED) is 0.293. The van der Waals surface area contributed by atoms with Crippen LogP contribution in [0.2, 0.25) is 0 Å². The molecular formula is C23H12BrF10N3O2. The number of carbonyl (C=O) groups is 2. The van der Waals surface area contributed by atoms with Crippen molar-refractivity contribution in [2.24, 2.45) is 5.73 Å². The van der Waals surface area contributed by atoms with Crippen LogP contribution in [0.25, 0.3) is 11.3 Å². The van der Waals surface area contributed by atoms with Gasteiger partial charge in [0.1, 0.15) is 0 Å². The topological polar surface area (TPSA) is 85.1 Å². The monoisotopic (exact) mass is 631 g/mol. The lowest BCUT2D eigenvalue weighted by Gasteiger charge is -2.31. The molecule has 3 aromatic rings. The summed E-state index contributed by atoms with van der Waals surface area (Å²) in [7, 11) is 0.